The Morgan fingerprint density at radius 3 is 2.27 bits per heavy atom. The first-order chi connectivity index (χ1) is 10.6. The van der Waals surface area contributed by atoms with Crippen molar-refractivity contribution >= 4 is 11.9 Å². The quantitative estimate of drug-likeness (QED) is 0.433. The number of nitrogens with one attached hydrogen (secondary N) is 1. The van der Waals surface area contributed by atoms with Gasteiger partial charge in [0.25, 0.3) is 0 Å². The Bertz CT molecular complexity index is 300. The number of amides is 1. The van der Waals surface area contributed by atoms with Crippen molar-refractivity contribution in [3.8, 4) is 0 Å². The van der Waals surface area contributed by atoms with Crippen LogP contribution in [0.25, 0.3) is 0 Å². The third-order valence-electron chi connectivity index (χ3n) is 3.15. The molecule has 7 nitrogen and oxygen atoms in total. The van der Waals surface area contributed by atoms with Crippen LogP contribution in [0.2, 0.25) is 0 Å². The number of nitrogens with zero attached hydrogens (tertiary/aromatic N) is 1. The molecule has 0 aromatic carbocycles. The molecule has 2 N–H and O–H groups in total. The van der Waals surface area contributed by atoms with E-state index in [1.807, 2.05) is 7.05 Å². The second-order valence-corrected chi connectivity index (χ2v) is 5.10. The highest BCUT2D eigenvalue weighted by atomic mass is 16.5. The molecule has 0 aliphatic rings. The molecule has 22 heavy (non-hydrogen) atoms. The second kappa shape index (κ2) is 14.7. The molecule has 0 fully saturated rings. The number of likely N-dealkylation sites (N-methyl/N-ethyl adjacent to an activating group) is 2. The fourth-order valence-electron chi connectivity index (χ4n) is 1.74. The number of hydrogen-bond donors (Lipinski definition) is 2. The van der Waals surface area contributed by atoms with Crippen LogP contribution < -0.4 is 5.32 Å². The fourth-order valence-corrected chi connectivity index (χ4v) is 1.74. The van der Waals surface area contributed by atoms with Crippen LogP contribution in [0.15, 0.2) is 0 Å². The summed E-state index contributed by atoms with van der Waals surface area (Å²) in [5.41, 5.74) is 0. The summed E-state index contributed by atoms with van der Waals surface area (Å²) in [5, 5.41) is 11.5. The molecule has 0 saturated heterocycles. The molecular weight excluding hydrogens is 288 g/mol. The molecule has 1 amide bonds. The lowest BCUT2D eigenvalue weighted by Crippen LogP contribution is -2.30. The van der Waals surface area contributed by atoms with Gasteiger partial charge in [0.2, 0.25) is 5.91 Å². The van der Waals surface area contributed by atoms with Crippen molar-refractivity contribution in [1.82, 2.24) is 10.2 Å². The lowest BCUT2D eigenvalue weighted by atomic mass is 10.1. The Kier molecular flexibility index (Phi) is 14.0. The van der Waals surface area contributed by atoms with Crippen molar-refractivity contribution in [1.29, 1.82) is 0 Å². The van der Waals surface area contributed by atoms with Crippen LogP contribution in [-0.2, 0) is 19.1 Å². The van der Waals surface area contributed by atoms with Gasteiger partial charge in [-0.05, 0) is 19.9 Å². The maximum Gasteiger partial charge on any atom is 0.303 e. The summed E-state index contributed by atoms with van der Waals surface area (Å²) in [5.74, 6) is -0.709. The molecule has 0 radical (unpaired) electrons. The highest BCUT2D eigenvalue weighted by molar-refractivity contribution is 5.75. The summed E-state index contributed by atoms with van der Waals surface area (Å²) < 4.78 is 10.7. The molecule has 0 spiro atoms. The highest BCUT2D eigenvalue weighted by Gasteiger charge is 2.08. The van der Waals surface area contributed by atoms with Crippen LogP contribution in [-0.4, -0.2) is 75.5 Å². The number of carbonyl (C=O) groups excluding carboxylic acids is 1. The molecule has 0 unspecified atom stereocenters. The number of hydrogen-bond acceptors (Lipinski definition) is 5. The van der Waals surface area contributed by atoms with E-state index in [0.717, 1.165) is 19.4 Å². The van der Waals surface area contributed by atoms with Crippen molar-refractivity contribution in [3.05, 3.63) is 0 Å². The van der Waals surface area contributed by atoms with E-state index in [4.69, 9.17) is 14.6 Å². The number of rotatable bonds is 15. The first kappa shape index (κ1) is 20.8. The molecule has 0 heterocycles. The van der Waals surface area contributed by atoms with Crippen LogP contribution >= 0.6 is 0 Å². The standard InChI is InChI=1S/C15H30N2O5/c1-16-8-10-21-12-13-22-11-9-17(2)14(18)6-4-3-5-7-15(19)20/h16H,3-13H2,1-2H3,(H,19,20). The van der Waals surface area contributed by atoms with Crippen molar-refractivity contribution in [2.45, 2.75) is 32.1 Å². The SMILES string of the molecule is CNCCOCCOCCN(C)C(=O)CCCCCC(=O)O. The molecule has 0 aliphatic carbocycles. The van der Waals surface area contributed by atoms with Gasteiger partial charge in [0.15, 0.2) is 0 Å². The summed E-state index contributed by atoms with van der Waals surface area (Å²) in [4.78, 5) is 23.8. The van der Waals surface area contributed by atoms with E-state index >= 15 is 0 Å². The molecule has 7 heteroatoms. The van der Waals surface area contributed by atoms with Crippen LogP contribution in [0.5, 0.6) is 0 Å². The van der Waals surface area contributed by atoms with Gasteiger partial charge in [-0.1, -0.05) is 6.42 Å². The van der Waals surface area contributed by atoms with Gasteiger partial charge in [0, 0.05) is 33.0 Å². The van der Waals surface area contributed by atoms with Crippen LogP contribution in [0, 0.1) is 0 Å². The van der Waals surface area contributed by atoms with Crippen LogP contribution in [0.1, 0.15) is 32.1 Å². The molecule has 0 bridgehead atoms. The average molecular weight is 318 g/mol. The number of aliphatic carboxylic acids is 1. The minimum Gasteiger partial charge on any atom is -0.481 e. The van der Waals surface area contributed by atoms with Crippen molar-refractivity contribution in [2.75, 3.05) is 53.6 Å². The summed E-state index contributed by atoms with van der Waals surface area (Å²) in [6.45, 7) is 3.63. The summed E-state index contributed by atoms with van der Waals surface area (Å²) >= 11 is 0. The number of carboxylic acid groups (broad SMARTS) is 1. The zero-order valence-corrected chi connectivity index (χ0v) is 13.8. The monoisotopic (exact) mass is 318 g/mol. The third-order valence-corrected chi connectivity index (χ3v) is 3.15. The first-order valence-electron chi connectivity index (χ1n) is 7.83. The van der Waals surface area contributed by atoms with E-state index in [2.05, 4.69) is 5.32 Å². The predicted molar refractivity (Wildman–Crippen MR) is 83.9 cm³/mol. The van der Waals surface area contributed by atoms with E-state index < -0.39 is 5.97 Å². The van der Waals surface area contributed by atoms with Gasteiger partial charge in [-0.15, -0.1) is 0 Å². The molecule has 0 atom stereocenters. The predicted octanol–water partition coefficient (Wildman–Crippen LogP) is 0.733. The average Bonchev–Trinajstić information content (AvgIpc) is 2.48. The first-order valence-corrected chi connectivity index (χ1v) is 7.83. The van der Waals surface area contributed by atoms with Crippen molar-refractivity contribution < 1.29 is 24.2 Å². The van der Waals surface area contributed by atoms with Crippen LogP contribution in [0.3, 0.4) is 0 Å². The van der Waals surface area contributed by atoms with Gasteiger partial charge >= 0.3 is 5.97 Å². The summed E-state index contributed by atoms with van der Waals surface area (Å²) in [7, 11) is 3.63. The van der Waals surface area contributed by atoms with Gasteiger partial charge in [-0.25, -0.2) is 0 Å². The van der Waals surface area contributed by atoms with E-state index in [1.54, 1.807) is 11.9 Å². The summed E-state index contributed by atoms with van der Waals surface area (Å²) in [6.07, 6.45) is 2.77. The smallest absolute Gasteiger partial charge is 0.303 e. The zero-order chi connectivity index (χ0) is 16.6. The number of carbonyl (C=O) groups is 2. The highest BCUT2D eigenvalue weighted by Crippen LogP contribution is 2.04. The zero-order valence-electron chi connectivity index (χ0n) is 13.8. The van der Waals surface area contributed by atoms with E-state index in [-0.39, 0.29) is 12.3 Å². The maximum absolute atomic E-state index is 11.8. The lowest BCUT2D eigenvalue weighted by molar-refractivity contribution is -0.137. The largest absolute Gasteiger partial charge is 0.481 e. The third kappa shape index (κ3) is 13.8. The van der Waals surface area contributed by atoms with E-state index in [9.17, 15) is 9.59 Å². The fraction of sp³-hybridized carbons (Fsp3) is 0.867. The van der Waals surface area contributed by atoms with Gasteiger partial charge in [0.05, 0.1) is 26.4 Å². The normalized spacial score (nSPS) is 10.6. The lowest BCUT2D eigenvalue weighted by Gasteiger charge is -2.17. The Morgan fingerprint density at radius 1 is 1.00 bits per heavy atom. The summed E-state index contributed by atoms with van der Waals surface area (Å²) in [6, 6.07) is 0. The van der Waals surface area contributed by atoms with Gasteiger partial charge < -0.3 is 24.8 Å². The van der Waals surface area contributed by atoms with Crippen molar-refractivity contribution in [3.63, 3.8) is 0 Å². The van der Waals surface area contributed by atoms with Gasteiger partial charge in [-0.3, -0.25) is 9.59 Å². The minimum absolute atomic E-state index is 0.0733. The van der Waals surface area contributed by atoms with Gasteiger partial charge in [0.1, 0.15) is 0 Å². The molecular formula is C15H30N2O5. The molecule has 0 saturated carbocycles. The Morgan fingerprint density at radius 2 is 1.64 bits per heavy atom. The minimum atomic E-state index is -0.782. The Hall–Kier alpha value is -1.18. The van der Waals surface area contributed by atoms with Crippen LogP contribution in [0.4, 0.5) is 0 Å². The topological polar surface area (TPSA) is 88.1 Å². The Balaban J connectivity index is 3.40. The molecule has 130 valence electrons. The number of carboxylic acids is 1. The van der Waals surface area contributed by atoms with Gasteiger partial charge in [-0.2, -0.15) is 0 Å². The Labute approximate surface area is 133 Å². The second-order valence-electron chi connectivity index (χ2n) is 5.10. The molecule has 0 aromatic rings. The van der Waals surface area contributed by atoms with Crippen molar-refractivity contribution in [2.24, 2.45) is 0 Å². The number of ether oxygens (including phenoxy) is 2. The molecule has 0 aromatic heterocycles. The molecule has 0 aliphatic heterocycles. The maximum atomic E-state index is 11.8. The van der Waals surface area contributed by atoms with E-state index in [1.165, 1.54) is 0 Å². The van der Waals surface area contributed by atoms with E-state index in [0.29, 0.717) is 45.8 Å². The number of unbranched alkanes of at least 4 members (excludes halogenated alkanes) is 2. The molecule has 0 rings (SSSR count).